The van der Waals surface area contributed by atoms with Gasteiger partial charge in [0, 0.05) is 19.6 Å². The van der Waals surface area contributed by atoms with Crippen molar-refractivity contribution in [3.05, 3.63) is 35.4 Å². The van der Waals surface area contributed by atoms with Crippen LogP contribution in [-0.4, -0.2) is 55.2 Å². The van der Waals surface area contributed by atoms with Crippen LogP contribution in [-0.2, 0) is 21.2 Å². The molecule has 8 heteroatoms. The first-order valence-electron chi connectivity index (χ1n) is 7.42. The molecule has 1 amide bonds. The van der Waals surface area contributed by atoms with Crippen LogP contribution in [0.25, 0.3) is 0 Å². The minimum Gasteiger partial charge on any atom is -0.478 e. The van der Waals surface area contributed by atoms with Gasteiger partial charge >= 0.3 is 5.97 Å². The van der Waals surface area contributed by atoms with Crippen LogP contribution < -0.4 is 4.72 Å². The quantitative estimate of drug-likeness (QED) is 0.783. The SMILES string of the molecule is CCNS(=O)(=O)C1CCN(C(=O)Cc2ccc(C(=O)O)cc2)C1. The Morgan fingerprint density at radius 2 is 1.96 bits per heavy atom. The topological polar surface area (TPSA) is 104 Å². The summed E-state index contributed by atoms with van der Waals surface area (Å²) in [5.41, 5.74) is 0.872. The molecule has 126 valence electrons. The van der Waals surface area contributed by atoms with Crippen LogP contribution in [0, 0.1) is 0 Å². The van der Waals surface area contributed by atoms with E-state index in [9.17, 15) is 18.0 Å². The molecule has 1 fully saturated rings. The molecule has 0 bridgehead atoms. The number of nitrogens with zero attached hydrogens (tertiary/aromatic N) is 1. The van der Waals surface area contributed by atoms with Crippen LogP contribution in [0.2, 0.25) is 0 Å². The maximum atomic E-state index is 12.3. The van der Waals surface area contributed by atoms with Gasteiger partial charge in [-0.1, -0.05) is 19.1 Å². The molecule has 1 aromatic carbocycles. The summed E-state index contributed by atoms with van der Waals surface area (Å²) in [6.45, 7) is 2.67. The monoisotopic (exact) mass is 340 g/mol. The number of likely N-dealkylation sites (tertiary alicyclic amines) is 1. The number of rotatable bonds is 6. The number of hydrogen-bond donors (Lipinski definition) is 2. The Morgan fingerprint density at radius 1 is 1.30 bits per heavy atom. The van der Waals surface area contributed by atoms with Gasteiger partial charge in [-0.2, -0.15) is 0 Å². The van der Waals surface area contributed by atoms with Crippen LogP contribution in [0.4, 0.5) is 0 Å². The molecule has 1 aliphatic rings. The van der Waals surface area contributed by atoms with Gasteiger partial charge in [-0.05, 0) is 24.1 Å². The fraction of sp³-hybridized carbons (Fsp3) is 0.467. The van der Waals surface area contributed by atoms with Crippen molar-refractivity contribution < 1.29 is 23.1 Å². The van der Waals surface area contributed by atoms with Gasteiger partial charge in [-0.15, -0.1) is 0 Å². The van der Waals surface area contributed by atoms with Gasteiger partial charge < -0.3 is 10.0 Å². The highest BCUT2D eigenvalue weighted by atomic mass is 32.2. The van der Waals surface area contributed by atoms with Crippen LogP contribution >= 0.6 is 0 Å². The van der Waals surface area contributed by atoms with Crippen molar-refractivity contribution in [1.82, 2.24) is 9.62 Å². The number of hydrogen-bond acceptors (Lipinski definition) is 4. The molecule has 0 saturated carbocycles. The lowest BCUT2D eigenvalue weighted by Gasteiger charge is -2.17. The van der Waals surface area contributed by atoms with E-state index in [1.807, 2.05) is 0 Å². The lowest BCUT2D eigenvalue weighted by Crippen LogP contribution is -2.38. The lowest BCUT2D eigenvalue weighted by molar-refractivity contribution is -0.129. The third-order valence-electron chi connectivity index (χ3n) is 3.84. The highest BCUT2D eigenvalue weighted by molar-refractivity contribution is 7.90. The Balaban J connectivity index is 1.96. The van der Waals surface area contributed by atoms with Crippen LogP contribution in [0.3, 0.4) is 0 Å². The number of sulfonamides is 1. The van der Waals surface area contributed by atoms with E-state index in [-0.39, 0.29) is 24.4 Å². The van der Waals surface area contributed by atoms with Crippen LogP contribution in [0.15, 0.2) is 24.3 Å². The summed E-state index contributed by atoms with van der Waals surface area (Å²) in [5.74, 6) is -1.17. The van der Waals surface area contributed by atoms with E-state index in [1.54, 1.807) is 24.0 Å². The number of amides is 1. The first-order chi connectivity index (χ1) is 10.8. The summed E-state index contributed by atoms with van der Waals surface area (Å²) >= 11 is 0. The zero-order valence-electron chi connectivity index (χ0n) is 12.9. The molecule has 0 spiro atoms. The lowest BCUT2D eigenvalue weighted by atomic mass is 10.1. The molecule has 0 radical (unpaired) electrons. The predicted octanol–water partition coefficient (Wildman–Crippen LogP) is 0.468. The molecule has 1 saturated heterocycles. The van der Waals surface area contributed by atoms with E-state index in [1.165, 1.54) is 12.1 Å². The number of carbonyl (C=O) groups excluding carboxylic acids is 1. The molecule has 1 aliphatic heterocycles. The fourth-order valence-electron chi connectivity index (χ4n) is 2.58. The molecule has 2 N–H and O–H groups in total. The number of carboxylic acids is 1. The Morgan fingerprint density at radius 3 is 2.52 bits per heavy atom. The molecule has 7 nitrogen and oxygen atoms in total. The second-order valence-electron chi connectivity index (χ2n) is 5.47. The molecule has 23 heavy (non-hydrogen) atoms. The zero-order chi connectivity index (χ0) is 17.0. The molecule has 1 atom stereocenters. The largest absolute Gasteiger partial charge is 0.478 e. The molecule has 2 rings (SSSR count). The Hall–Kier alpha value is -1.93. The predicted molar refractivity (Wildman–Crippen MR) is 84.7 cm³/mol. The molecule has 0 aliphatic carbocycles. The maximum absolute atomic E-state index is 12.3. The third kappa shape index (κ3) is 4.29. The van der Waals surface area contributed by atoms with Gasteiger partial charge in [0.2, 0.25) is 15.9 Å². The van der Waals surface area contributed by atoms with Gasteiger partial charge in [0.15, 0.2) is 0 Å². The van der Waals surface area contributed by atoms with Gasteiger partial charge in [0.25, 0.3) is 0 Å². The number of aromatic carboxylic acids is 1. The average molecular weight is 340 g/mol. The summed E-state index contributed by atoms with van der Waals surface area (Å²) < 4.78 is 26.4. The summed E-state index contributed by atoms with van der Waals surface area (Å²) in [6, 6.07) is 6.11. The Labute approximate surface area is 135 Å². The van der Waals surface area contributed by atoms with Crippen molar-refractivity contribution in [3.8, 4) is 0 Å². The fourth-order valence-corrected chi connectivity index (χ4v) is 4.01. The summed E-state index contributed by atoms with van der Waals surface area (Å²) in [4.78, 5) is 24.6. The third-order valence-corrected chi connectivity index (χ3v) is 5.79. The summed E-state index contributed by atoms with van der Waals surface area (Å²) in [5, 5.41) is 8.27. The molecular formula is C15H20N2O5S. The van der Waals surface area contributed by atoms with Gasteiger partial charge in [0.05, 0.1) is 17.2 Å². The van der Waals surface area contributed by atoms with Crippen molar-refractivity contribution >= 4 is 21.9 Å². The average Bonchev–Trinajstić information content (AvgIpc) is 2.98. The van der Waals surface area contributed by atoms with E-state index < -0.39 is 21.2 Å². The van der Waals surface area contributed by atoms with Crippen LogP contribution in [0.5, 0.6) is 0 Å². The summed E-state index contributed by atoms with van der Waals surface area (Å²) in [7, 11) is -3.37. The van der Waals surface area contributed by atoms with E-state index in [0.717, 1.165) is 0 Å². The zero-order valence-corrected chi connectivity index (χ0v) is 13.7. The molecule has 0 aromatic heterocycles. The van der Waals surface area contributed by atoms with Crippen molar-refractivity contribution in [2.24, 2.45) is 0 Å². The first kappa shape index (κ1) is 17.4. The van der Waals surface area contributed by atoms with Gasteiger partial charge in [0.1, 0.15) is 0 Å². The van der Waals surface area contributed by atoms with Crippen molar-refractivity contribution in [3.63, 3.8) is 0 Å². The number of carboxylic acid groups (broad SMARTS) is 1. The van der Waals surface area contributed by atoms with Crippen molar-refractivity contribution in [2.75, 3.05) is 19.6 Å². The molecule has 1 aromatic rings. The molecule has 1 unspecified atom stereocenters. The van der Waals surface area contributed by atoms with Crippen LogP contribution in [0.1, 0.15) is 29.3 Å². The van der Waals surface area contributed by atoms with Gasteiger partial charge in [-0.3, -0.25) is 4.79 Å². The standard InChI is InChI=1S/C15H20N2O5S/c1-2-16-23(21,22)13-7-8-17(10-13)14(18)9-11-3-5-12(6-4-11)15(19)20/h3-6,13,16H,2,7-10H2,1H3,(H,19,20). The highest BCUT2D eigenvalue weighted by Crippen LogP contribution is 2.17. The second-order valence-corrected chi connectivity index (χ2v) is 7.52. The van der Waals surface area contributed by atoms with E-state index in [2.05, 4.69) is 4.72 Å². The van der Waals surface area contributed by atoms with E-state index >= 15 is 0 Å². The first-order valence-corrected chi connectivity index (χ1v) is 8.96. The minimum absolute atomic E-state index is 0.133. The molecular weight excluding hydrogens is 320 g/mol. The van der Waals surface area contributed by atoms with E-state index in [0.29, 0.717) is 25.1 Å². The molecule has 1 heterocycles. The number of nitrogens with one attached hydrogen (secondary N) is 1. The smallest absolute Gasteiger partial charge is 0.335 e. The minimum atomic E-state index is -3.37. The van der Waals surface area contributed by atoms with Gasteiger partial charge in [-0.25, -0.2) is 17.9 Å². The summed E-state index contributed by atoms with van der Waals surface area (Å²) in [6.07, 6.45) is 0.562. The number of carbonyl (C=O) groups is 2. The Bertz CT molecular complexity index is 684. The second kappa shape index (κ2) is 7.10. The van der Waals surface area contributed by atoms with Crippen molar-refractivity contribution in [1.29, 1.82) is 0 Å². The normalized spacial score (nSPS) is 18.1. The number of benzene rings is 1. The van der Waals surface area contributed by atoms with E-state index in [4.69, 9.17) is 5.11 Å². The highest BCUT2D eigenvalue weighted by Gasteiger charge is 2.34. The maximum Gasteiger partial charge on any atom is 0.335 e. The Kier molecular flexibility index (Phi) is 5.38. The van der Waals surface area contributed by atoms with Crippen molar-refractivity contribution in [2.45, 2.75) is 25.0 Å².